The summed E-state index contributed by atoms with van der Waals surface area (Å²) in [6.45, 7) is 3.82. The van der Waals surface area contributed by atoms with Crippen molar-refractivity contribution < 1.29 is 4.79 Å². The Balaban J connectivity index is 2.47. The maximum Gasteiger partial charge on any atom is 0.150 e. The number of Topliss-reactive ketones (excluding diaryl/α,β-unsaturated/α-hetero) is 1. The second-order valence-corrected chi connectivity index (χ2v) is 4.86. The Kier molecular flexibility index (Phi) is 3.75. The fourth-order valence-corrected chi connectivity index (χ4v) is 2.68. The third-order valence-electron chi connectivity index (χ3n) is 1.49. The molecule has 2 nitrogen and oxygen atoms in total. The molecule has 1 heterocycles. The van der Waals surface area contributed by atoms with Crippen molar-refractivity contribution in [2.45, 2.75) is 29.9 Å². The fourth-order valence-electron chi connectivity index (χ4n) is 0.773. The summed E-state index contributed by atoms with van der Waals surface area (Å²) in [7, 11) is 0. The molecule has 4 heteroatoms. The molecule has 66 valence electrons. The van der Waals surface area contributed by atoms with E-state index in [1.54, 1.807) is 29.3 Å². The first-order valence-electron chi connectivity index (χ1n) is 3.83. The van der Waals surface area contributed by atoms with Gasteiger partial charge in [-0.3, -0.25) is 4.79 Å². The van der Waals surface area contributed by atoms with Crippen LogP contribution >= 0.6 is 23.1 Å². The van der Waals surface area contributed by atoms with Crippen LogP contribution in [0.3, 0.4) is 0 Å². The van der Waals surface area contributed by atoms with E-state index in [0.717, 1.165) is 4.34 Å². The lowest BCUT2D eigenvalue weighted by atomic mass is 10.2. The van der Waals surface area contributed by atoms with Crippen LogP contribution in [0.5, 0.6) is 0 Å². The zero-order valence-corrected chi connectivity index (χ0v) is 8.74. The minimum Gasteiger partial charge on any atom is -0.298 e. The lowest BCUT2D eigenvalue weighted by Gasteiger charge is -2.04. The van der Waals surface area contributed by atoms with Gasteiger partial charge in [-0.15, -0.1) is 11.3 Å². The van der Waals surface area contributed by atoms with E-state index in [0.29, 0.717) is 6.42 Å². The molecular formula is C8H11NOS2. The maximum absolute atomic E-state index is 11.2. The molecule has 1 aromatic rings. The quantitative estimate of drug-likeness (QED) is 0.701. The number of aromatic nitrogens is 1. The normalized spacial score (nSPS) is 12.8. The molecule has 0 bridgehead atoms. The van der Waals surface area contributed by atoms with Crippen LogP contribution in [0.15, 0.2) is 15.9 Å². The molecule has 0 fully saturated rings. The molecule has 0 amide bonds. The van der Waals surface area contributed by atoms with E-state index in [2.05, 4.69) is 4.98 Å². The highest BCUT2D eigenvalue weighted by Crippen LogP contribution is 2.25. The summed E-state index contributed by atoms with van der Waals surface area (Å²) in [6.07, 6.45) is 2.37. The third kappa shape index (κ3) is 2.60. The first-order valence-corrected chi connectivity index (χ1v) is 5.58. The van der Waals surface area contributed by atoms with Crippen molar-refractivity contribution in [1.82, 2.24) is 4.98 Å². The number of ketones is 1. The third-order valence-corrected chi connectivity index (χ3v) is 3.55. The van der Waals surface area contributed by atoms with E-state index >= 15 is 0 Å². The first kappa shape index (κ1) is 9.74. The molecule has 0 aliphatic carbocycles. The summed E-state index contributed by atoms with van der Waals surface area (Å²) in [4.78, 5) is 15.3. The zero-order chi connectivity index (χ0) is 8.97. The van der Waals surface area contributed by atoms with Gasteiger partial charge < -0.3 is 0 Å². The van der Waals surface area contributed by atoms with Crippen LogP contribution in [0, 0.1) is 0 Å². The Morgan fingerprint density at radius 3 is 3.08 bits per heavy atom. The topological polar surface area (TPSA) is 30.0 Å². The Labute approximate surface area is 80.4 Å². The van der Waals surface area contributed by atoms with E-state index in [1.807, 2.05) is 19.2 Å². The molecule has 0 saturated heterocycles. The van der Waals surface area contributed by atoms with Gasteiger partial charge in [0.1, 0.15) is 10.1 Å². The largest absolute Gasteiger partial charge is 0.298 e. The summed E-state index contributed by atoms with van der Waals surface area (Å²) in [5.41, 5.74) is 0. The van der Waals surface area contributed by atoms with Crippen molar-refractivity contribution in [3.8, 4) is 0 Å². The number of rotatable bonds is 4. The molecule has 1 aromatic heterocycles. The first-order chi connectivity index (χ1) is 5.74. The van der Waals surface area contributed by atoms with Gasteiger partial charge in [0.2, 0.25) is 0 Å². The van der Waals surface area contributed by atoms with Crippen LogP contribution in [0.25, 0.3) is 0 Å². The van der Waals surface area contributed by atoms with Crippen molar-refractivity contribution >= 4 is 28.9 Å². The van der Waals surface area contributed by atoms with E-state index in [4.69, 9.17) is 0 Å². The number of thioether (sulfide) groups is 1. The predicted octanol–water partition coefficient (Wildman–Crippen LogP) is 2.60. The number of thiazole rings is 1. The maximum atomic E-state index is 11.2. The summed E-state index contributed by atoms with van der Waals surface area (Å²) < 4.78 is 0.976. The van der Waals surface area contributed by atoms with Gasteiger partial charge in [-0.25, -0.2) is 4.98 Å². The minimum absolute atomic E-state index is 0.0427. The SMILES string of the molecule is CCC(=O)C(C)Sc1nccs1. The predicted molar refractivity (Wildman–Crippen MR) is 52.7 cm³/mol. The average molecular weight is 201 g/mol. The monoisotopic (exact) mass is 201 g/mol. The number of carbonyl (C=O) groups is 1. The second kappa shape index (κ2) is 4.62. The number of carbonyl (C=O) groups excluding carboxylic acids is 1. The Morgan fingerprint density at radius 1 is 1.83 bits per heavy atom. The standard InChI is InChI=1S/C8H11NOS2/c1-3-7(10)6(2)12-8-9-4-5-11-8/h4-6H,3H2,1-2H3. The lowest BCUT2D eigenvalue weighted by molar-refractivity contribution is -0.117. The number of nitrogens with zero attached hydrogens (tertiary/aromatic N) is 1. The molecule has 0 radical (unpaired) electrons. The molecule has 0 aliphatic heterocycles. The van der Waals surface area contributed by atoms with Crippen LogP contribution in [-0.2, 0) is 4.79 Å². The summed E-state index contributed by atoms with van der Waals surface area (Å²) in [5.74, 6) is 0.287. The molecular weight excluding hydrogens is 190 g/mol. The van der Waals surface area contributed by atoms with Crippen molar-refractivity contribution in [2.24, 2.45) is 0 Å². The molecule has 0 spiro atoms. The van der Waals surface area contributed by atoms with Gasteiger partial charge in [-0.2, -0.15) is 0 Å². The molecule has 0 saturated carbocycles. The van der Waals surface area contributed by atoms with Gasteiger partial charge in [0.05, 0.1) is 5.25 Å². The number of hydrogen-bond donors (Lipinski definition) is 0. The van der Waals surface area contributed by atoms with Crippen molar-refractivity contribution in [2.75, 3.05) is 0 Å². The minimum atomic E-state index is 0.0427. The summed E-state index contributed by atoms with van der Waals surface area (Å²) in [6, 6.07) is 0. The number of hydrogen-bond acceptors (Lipinski definition) is 4. The van der Waals surface area contributed by atoms with Crippen molar-refractivity contribution in [3.05, 3.63) is 11.6 Å². The Hall–Kier alpha value is -0.350. The lowest BCUT2D eigenvalue weighted by Crippen LogP contribution is -2.10. The van der Waals surface area contributed by atoms with Crippen LogP contribution in [0.1, 0.15) is 20.3 Å². The highest BCUT2D eigenvalue weighted by atomic mass is 32.2. The molecule has 0 aliphatic rings. The Morgan fingerprint density at radius 2 is 2.58 bits per heavy atom. The molecule has 1 atom stereocenters. The molecule has 0 N–H and O–H groups in total. The van der Waals surface area contributed by atoms with Gasteiger partial charge >= 0.3 is 0 Å². The van der Waals surface area contributed by atoms with Crippen LogP contribution < -0.4 is 0 Å². The van der Waals surface area contributed by atoms with E-state index in [1.165, 1.54) is 0 Å². The smallest absolute Gasteiger partial charge is 0.150 e. The van der Waals surface area contributed by atoms with Crippen molar-refractivity contribution in [1.29, 1.82) is 0 Å². The van der Waals surface area contributed by atoms with Gasteiger partial charge in [0, 0.05) is 18.0 Å². The van der Waals surface area contributed by atoms with Gasteiger partial charge in [0.25, 0.3) is 0 Å². The van der Waals surface area contributed by atoms with E-state index < -0.39 is 0 Å². The highest BCUT2D eigenvalue weighted by molar-refractivity contribution is 8.02. The van der Waals surface area contributed by atoms with Crippen molar-refractivity contribution in [3.63, 3.8) is 0 Å². The molecule has 1 rings (SSSR count). The van der Waals surface area contributed by atoms with E-state index in [-0.39, 0.29) is 11.0 Å². The highest BCUT2D eigenvalue weighted by Gasteiger charge is 2.12. The molecule has 1 unspecified atom stereocenters. The van der Waals surface area contributed by atoms with Gasteiger partial charge in [0.15, 0.2) is 0 Å². The second-order valence-electron chi connectivity index (χ2n) is 2.38. The van der Waals surface area contributed by atoms with Crippen LogP contribution in [0.2, 0.25) is 0 Å². The Bertz CT molecular complexity index is 246. The fraction of sp³-hybridized carbons (Fsp3) is 0.500. The summed E-state index contributed by atoms with van der Waals surface area (Å²) >= 11 is 3.12. The van der Waals surface area contributed by atoms with Gasteiger partial charge in [-0.05, 0) is 6.92 Å². The average Bonchev–Trinajstić information content (AvgIpc) is 2.55. The summed E-state index contributed by atoms with van der Waals surface area (Å²) in [5, 5.41) is 1.96. The van der Waals surface area contributed by atoms with Crippen LogP contribution in [-0.4, -0.2) is 16.0 Å². The van der Waals surface area contributed by atoms with Gasteiger partial charge in [-0.1, -0.05) is 18.7 Å². The molecule has 0 aromatic carbocycles. The van der Waals surface area contributed by atoms with Crippen LogP contribution in [0.4, 0.5) is 0 Å². The van der Waals surface area contributed by atoms with E-state index in [9.17, 15) is 4.79 Å². The molecule has 12 heavy (non-hydrogen) atoms. The zero-order valence-electron chi connectivity index (χ0n) is 7.11.